The lowest BCUT2D eigenvalue weighted by Gasteiger charge is -2.36. The molecule has 0 aromatic rings. The molecule has 0 aliphatic rings. The van der Waals surface area contributed by atoms with Gasteiger partial charge >= 0.3 is 0 Å². The minimum Gasteiger partial charge on any atom is -0.550 e. The van der Waals surface area contributed by atoms with E-state index in [1.807, 2.05) is 0 Å². The van der Waals surface area contributed by atoms with Crippen LogP contribution in [0, 0.1) is 11.8 Å². The zero-order valence-corrected chi connectivity index (χ0v) is 17.0. The van der Waals surface area contributed by atoms with Crippen molar-refractivity contribution in [2.24, 2.45) is 11.8 Å². The normalized spacial score (nSPS) is 13.9. The highest BCUT2D eigenvalue weighted by Crippen LogP contribution is 2.21. The quantitative estimate of drug-likeness (QED) is 0.502. The monoisotopic (exact) mass is 329 g/mol. The molecular formula is C20H43NO2. The van der Waals surface area contributed by atoms with E-state index in [4.69, 9.17) is 9.90 Å². The van der Waals surface area contributed by atoms with Gasteiger partial charge in [0.1, 0.15) is 0 Å². The molecule has 0 saturated carbocycles. The lowest BCUT2D eigenvalue weighted by Crippen LogP contribution is -2.46. The smallest absolute Gasteiger partial charge is 0.0811 e. The van der Waals surface area contributed by atoms with E-state index in [2.05, 4.69) is 41.8 Å². The van der Waals surface area contributed by atoms with E-state index in [0.29, 0.717) is 0 Å². The van der Waals surface area contributed by atoms with Crippen molar-refractivity contribution >= 4 is 5.97 Å². The second-order valence-electron chi connectivity index (χ2n) is 7.63. The van der Waals surface area contributed by atoms with Gasteiger partial charge in [-0.2, -0.15) is 0 Å². The van der Waals surface area contributed by atoms with E-state index >= 15 is 0 Å². The zero-order chi connectivity index (χ0) is 18.3. The number of hydrogen-bond acceptors (Lipinski definition) is 2. The molecule has 0 rings (SSSR count). The maximum absolute atomic E-state index is 8.89. The number of carbonyl (C=O) groups excluding carboxylic acids is 1. The van der Waals surface area contributed by atoms with Crippen molar-refractivity contribution in [2.75, 3.05) is 27.2 Å². The molecular weight excluding hydrogens is 286 g/mol. The number of carbonyl (C=O) groups is 1. The summed E-state index contributed by atoms with van der Waals surface area (Å²) in [4.78, 5) is 8.89. The van der Waals surface area contributed by atoms with Gasteiger partial charge in [0.2, 0.25) is 0 Å². The van der Waals surface area contributed by atoms with Crippen LogP contribution in [0.5, 0.6) is 0 Å². The Morgan fingerprint density at radius 1 is 0.870 bits per heavy atom. The van der Waals surface area contributed by atoms with Crippen molar-refractivity contribution in [2.45, 2.75) is 86.0 Å². The Hall–Kier alpha value is -0.570. The molecule has 0 bridgehead atoms. The van der Waals surface area contributed by atoms with E-state index in [0.717, 1.165) is 18.8 Å². The van der Waals surface area contributed by atoms with Gasteiger partial charge in [0, 0.05) is 17.8 Å². The molecule has 0 radical (unpaired) electrons. The van der Waals surface area contributed by atoms with Crippen LogP contribution in [-0.4, -0.2) is 37.6 Å². The number of carboxylic acid groups (broad SMARTS) is 1. The van der Waals surface area contributed by atoms with Crippen LogP contribution in [-0.2, 0) is 4.79 Å². The molecule has 0 saturated heterocycles. The fourth-order valence-electron chi connectivity index (χ4n) is 3.31. The molecule has 3 nitrogen and oxygen atoms in total. The average molecular weight is 330 g/mol. The Morgan fingerprint density at radius 2 is 1.17 bits per heavy atom. The summed E-state index contributed by atoms with van der Waals surface area (Å²) in [5.74, 6) is 0.775. The summed E-state index contributed by atoms with van der Waals surface area (Å²) in [6, 6.07) is 0. The Labute approximate surface area is 146 Å². The molecule has 0 aliphatic carbocycles. The van der Waals surface area contributed by atoms with Gasteiger partial charge in [0.05, 0.1) is 27.2 Å². The van der Waals surface area contributed by atoms with Crippen molar-refractivity contribution < 1.29 is 14.4 Å². The van der Waals surface area contributed by atoms with Gasteiger partial charge in [0.15, 0.2) is 0 Å². The van der Waals surface area contributed by atoms with Gasteiger partial charge in [-0.15, -0.1) is 0 Å². The van der Waals surface area contributed by atoms with Gasteiger partial charge in [-0.05, 0) is 32.6 Å². The van der Waals surface area contributed by atoms with Crippen LogP contribution in [0.3, 0.4) is 0 Å². The summed E-state index contributed by atoms with van der Waals surface area (Å²) >= 11 is 0. The van der Waals surface area contributed by atoms with Gasteiger partial charge in [-0.25, -0.2) is 0 Å². The lowest BCUT2D eigenvalue weighted by molar-refractivity contribution is -0.897. The molecule has 0 N–H and O–H groups in total. The van der Waals surface area contributed by atoms with Crippen LogP contribution in [0.2, 0.25) is 0 Å². The van der Waals surface area contributed by atoms with Crippen LogP contribution >= 0.6 is 0 Å². The van der Waals surface area contributed by atoms with Crippen LogP contribution < -0.4 is 5.11 Å². The molecule has 0 aromatic carbocycles. The number of nitrogens with zero attached hydrogens (tertiary/aromatic N) is 1. The molecule has 0 fully saturated rings. The van der Waals surface area contributed by atoms with Crippen LogP contribution in [0.25, 0.3) is 0 Å². The predicted octanol–water partition coefficient (Wildman–Crippen LogP) is 4.25. The maximum Gasteiger partial charge on any atom is 0.0811 e. The van der Waals surface area contributed by atoms with Crippen molar-refractivity contribution in [1.82, 2.24) is 0 Å². The molecule has 2 unspecified atom stereocenters. The molecule has 140 valence electrons. The number of aliphatic carboxylic acids is 1. The van der Waals surface area contributed by atoms with Crippen molar-refractivity contribution in [3.63, 3.8) is 0 Å². The highest BCUT2D eigenvalue weighted by atomic mass is 16.4. The molecule has 23 heavy (non-hydrogen) atoms. The minimum atomic E-state index is -1.08. The lowest BCUT2D eigenvalue weighted by atomic mass is 9.95. The molecule has 0 aliphatic heterocycles. The van der Waals surface area contributed by atoms with Gasteiger partial charge in [-0.3, -0.25) is 0 Å². The minimum absolute atomic E-state index is 0.929. The summed E-state index contributed by atoms with van der Waals surface area (Å²) in [5, 5.41) is 8.89. The predicted molar refractivity (Wildman–Crippen MR) is 99.1 cm³/mol. The largest absolute Gasteiger partial charge is 0.550 e. The van der Waals surface area contributed by atoms with E-state index < -0.39 is 5.97 Å². The van der Waals surface area contributed by atoms with Crippen molar-refractivity contribution in [3.05, 3.63) is 0 Å². The van der Waals surface area contributed by atoms with E-state index in [-0.39, 0.29) is 0 Å². The first-order valence-corrected chi connectivity index (χ1v) is 9.71. The zero-order valence-electron chi connectivity index (χ0n) is 17.0. The van der Waals surface area contributed by atoms with Gasteiger partial charge in [0.25, 0.3) is 0 Å². The van der Waals surface area contributed by atoms with Crippen LogP contribution in [0.4, 0.5) is 0 Å². The Bertz CT molecular complexity index is 253. The Kier molecular flexibility index (Phi) is 16.1. The van der Waals surface area contributed by atoms with E-state index in [9.17, 15) is 0 Å². The topological polar surface area (TPSA) is 40.1 Å². The third-order valence-electron chi connectivity index (χ3n) is 4.59. The molecule has 0 aromatic heterocycles. The fraction of sp³-hybridized carbons (Fsp3) is 0.950. The molecule has 3 heteroatoms. The highest BCUT2D eigenvalue weighted by Gasteiger charge is 2.24. The molecule has 2 atom stereocenters. The summed E-state index contributed by atoms with van der Waals surface area (Å²) in [7, 11) is 4.90. The summed E-state index contributed by atoms with van der Waals surface area (Å²) in [6.45, 7) is 13.1. The van der Waals surface area contributed by atoms with Gasteiger partial charge in [-0.1, -0.05) is 53.4 Å². The number of quaternary nitrogens is 1. The van der Waals surface area contributed by atoms with E-state index in [1.54, 1.807) is 0 Å². The molecule has 0 spiro atoms. The number of unbranched alkanes of at least 4 members (excludes halogenated alkanes) is 2. The summed E-state index contributed by atoms with van der Waals surface area (Å²) in [5.41, 5.74) is 0. The second kappa shape index (κ2) is 15.0. The number of rotatable bonds is 12. The Balaban J connectivity index is 0. The van der Waals surface area contributed by atoms with Crippen LogP contribution in [0.1, 0.15) is 86.0 Å². The van der Waals surface area contributed by atoms with Crippen molar-refractivity contribution in [3.8, 4) is 0 Å². The first kappa shape index (κ1) is 24.7. The molecule has 0 amide bonds. The summed E-state index contributed by atoms with van der Waals surface area (Å²) < 4.78 is 1.23. The third-order valence-corrected chi connectivity index (χ3v) is 4.59. The number of hydrogen-bond donors (Lipinski definition) is 0. The molecule has 0 heterocycles. The highest BCUT2D eigenvalue weighted by molar-refractivity contribution is 5.60. The SMILES string of the molecule is CC(=O)[O-].CCCCC(CC)C[N+](C)(C)CC(CC)CCCC. The van der Waals surface area contributed by atoms with Gasteiger partial charge < -0.3 is 14.4 Å². The number of carboxylic acids is 1. The maximum atomic E-state index is 8.89. The summed E-state index contributed by atoms with van der Waals surface area (Å²) in [6.07, 6.45) is 11.1. The third kappa shape index (κ3) is 17.6. The fourth-order valence-corrected chi connectivity index (χ4v) is 3.31. The van der Waals surface area contributed by atoms with Crippen LogP contribution in [0.15, 0.2) is 0 Å². The standard InChI is InChI=1S/C18H40N.C2H4O2/c1-7-11-13-17(9-3)15-19(5,6)16-18(10-4)14-12-8-2;1-2(3)4/h17-18H,7-16H2,1-6H3;1H3,(H,3,4)/q+1;/p-1. The first-order chi connectivity index (χ1) is 10.7. The Morgan fingerprint density at radius 3 is 1.39 bits per heavy atom. The average Bonchev–Trinajstić information content (AvgIpc) is 2.47. The van der Waals surface area contributed by atoms with Crippen molar-refractivity contribution in [1.29, 1.82) is 0 Å². The van der Waals surface area contributed by atoms with E-state index in [1.165, 1.54) is 68.9 Å². The second-order valence-corrected chi connectivity index (χ2v) is 7.63. The first-order valence-electron chi connectivity index (χ1n) is 9.71.